The molecule has 4 nitrogen and oxygen atoms in total. The lowest BCUT2D eigenvalue weighted by molar-refractivity contribution is 0.518. The van der Waals surface area contributed by atoms with Crippen LogP contribution in [-0.2, 0) is 6.42 Å². The molecule has 12 rings (SSSR count). The molecule has 0 saturated carbocycles. The van der Waals surface area contributed by atoms with E-state index in [-0.39, 0.29) is 12.0 Å². The molecule has 0 radical (unpaired) electrons. The summed E-state index contributed by atoms with van der Waals surface area (Å²) in [6.07, 6.45) is 9.16. The Morgan fingerprint density at radius 3 is 2.22 bits per heavy atom. The molecule has 0 fully saturated rings. The predicted molar refractivity (Wildman–Crippen MR) is 262 cm³/mol. The van der Waals surface area contributed by atoms with Crippen LogP contribution in [0.25, 0.3) is 72.1 Å². The number of nitrogens with zero attached hydrogens (tertiary/aromatic N) is 2. The SMILES string of the molecule is CCC1CC(c2cccc3oc4c(c23)CC(c2ccc3c(c2)c2ccccc2n3-c2ccccc2)C=C4)/N=C(/c2ccccc2)CC/C(C)=C/1c1ccc2oc3ccccc3c2c1. The van der Waals surface area contributed by atoms with E-state index in [0.717, 1.165) is 54.6 Å². The number of para-hydroxylation sites is 3. The van der Waals surface area contributed by atoms with Crippen molar-refractivity contribution in [1.29, 1.82) is 0 Å². The maximum Gasteiger partial charge on any atom is 0.135 e. The van der Waals surface area contributed by atoms with Crippen LogP contribution in [0.2, 0.25) is 0 Å². The molecule has 0 N–H and O–H groups in total. The first-order valence-corrected chi connectivity index (χ1v) is 22.6. The minimum Gasteiger partial charge on any atom is -0.456 e. The minimum absolute atomic E-state index is 0.0697. The van der Waals surface area contributed by atoms with Crippen LogP contribution >= 0.6 is 0 Å². The van der Waals surface area contributed by atoms with Crippen LogP contribution in [0, 0.1) is 5.92 Å². The quantitative estimate of drug-likeness (QED) is 0.168. The molecule has 3 aromatic heterocycles. The molecule has 306 valence electrons. The number of rotatable bonds is 6. The van der Waals surface area contributed by atoms with Crippen LogP contribution in [-0.4, -0.2) is 10.3 Å². The lowest BCUT2D eigenvalue weighted by Crippen LogP contribution is -2.11. The van der Waals surface area contributed by atoms with E-state index in [4.69, 9.17) is 13.8 Å². The molecule has 63 heavy (non-hydrogen) atoms. The highest BCUT2D eigenvalue weighted by molar-refractivity contribution is 6.10. The molecular formula is C59H48N2O2. The Balaban J connectivity index is 0.965. The predicted octanol–water partition coefficient (Wildman–Crippen LogP) is 16.0. The van der Waals surface area contributed by atoms with Gasteiger partial charge in [-0.15, -0.1) is 0 Å². The third-order valence-corrected chi connectivity index (χ3v) is 14.0. The fraction of sp³-hybridized carbons (Fsp3) is 0.169. The molecule has 2 aliphatic rings. The molecule has 1 aliphatic carbocycles. The summed E-state index contributed by atoms with van der Waals surface area (Å²) in [5, 5.41) is 6.12. The lowest BCUT2D eigenvalue weighted by atomic mass is 9.80. The largest absolute Gasteiger partial charge is 0.456 e. The van der Waals surface area contributed by atoms with Gasteiger partial charge in [0.1, 0.15) is 22.5 Å². The van der Waals surface area contributed by atoms with Gasteiger partial charge < -0.3 is 13.4 Å². The number of aliphatic imine (C=N–C) groups is 1. The number of fused-ring (bicyclic) bond motifs is 9. The molecule has 10 aromatic rings. The van der Waals surface area contributed by atoms with Gasteiger partial charge in [-0.1, -0.05) is 128 Å². The zero-order valence-corrected chi connectivity index (χ0v) is 35.7. The highest BCUT2D eigenvalue weighted by atomic mass is 16.3. The summed E-state index contributed by atoms with van der Waals surface area (Å²) < 4.78 is 15.4. The Morgan fingerprint density at radius 2 is 1.37 bits per heavy atom. The van der Waals surface area contributed by atoms with Crippen molar-refractivity contribution in [2.75, 3.05) is 0 Å². The van der Waals surface area contributed by atoms with E-state index in [1.807, 2.05) is 6.07 Å². The van der Waals surface area contributed by atoms with Crippen LogP contribution < -0.4 is 0 Å². The van der Waals surface area contributed by atoms with Crippen molar-refractivity contribution >= 4 is 72.1 Å². The maximum atomic E-state index is 6.75. The van der Waals surface area contributed by atoms with Crippen molar-refractivity contribution < 1.29 is 8.83 Å². The van der Waals surface area contributed by atoms with Gasteiger partial charge in [0.15, 0.2) is 0 Å². The van der Waals surface area contributed by atoms with Crippen LogP contribution in [0.5, 0.6) is 0 Å². The van der Waals surface area contributed by atoms with Gasteiger partial charge in [0.25, 0.3) is 0 Å². The number of allylic oxidation sites excluding steroid dienone is 3. The average molecular weight is 817 g/mol. The molecule has 3 atom stereocenters. The summed E-state index contributed by atoms with van der Waals surface area (Å²) in [7, 11) is 0. The second-order valence-electron chi connectivity index (χ2n) is 17.6. The van der Waals surface area contributed by atoms with Crippen LogP contribution in [0.4, 0.5) is 0 Å². The summed E-state index contributed by atoms with van der Waals surface area (Å²) in [5.74, 6) is 1.46. The molecule has 1 aliphatic heterocycles. The Bertz CT molecular complexity index is 3470. The number of benzene rings is 7. The number of furan rings is 2. The molecule has 0 bridgehead atoms. The number of hydrogen-bond acceptors (Lipinski definition) is 3. The Kier molecular flexibility index (Phi) is 9.14. The molecule has 7 aromatic carbocycles. The van der Waals surface area contributed by atoms with Gasteiger partial charge in [0, 0.05) is 49.8 Å². The van der Waals surface area contributed by atoms with E-state index in [9.17, 15) is 0 Å². The summed E-state index contributed by atoms with van der Waals surface area (Å²) in [6.45, 7) is 4.71. The van der Waals surface area contributed by atoms with E-state index in [0.29, 0.717) is 5.92 Å². The number of aromatic nitrogens is 1. The standard InChI is InChI=1S/C59H48N2O2/c1-3-38-36-51(60-50(39-15-6-4-7-16-39)29-25-37(2)58(38)42-28-32-55-48(35-42)45-20-11-13-23-54(45)62-55)46-21-14-24-57-59(46)49-34-41(27-31-56(49)63-57)40-26-30-53-47(33-40)44-19-10-12-22-52(44)61(53)43-17-8-5-9-18-43/h4-24,26-28,30-33,35,38,41,51H,3,25,29,34,36H2,1-2H3/b58-37-,60-50+. The fourth-order valence-electron chi connectivity index (χ4n) is 10.9. The van der Waals surface area contributed by atoms with Gasteiger partial charge in [-0.3, -0.25) is 4.99 Å². The second kappa shape index (κ2) is 15.3. The first kappa shape index (κ1) is 37.6. The topological polar surface area (TPSA) is 43.6 Å². The smallest absolute Gasteiger partial charge is 0.135 e. The highest BCUT2D eigenvalue weighted by Gasteiger charge is 2.30. The fourth-order valence-corrected chi connectivity index (χ4v) is 10.9. The Hall–Kier alpha value is -7.17. The van der Waals surface area contributed by atoms with Crippen LogP contribution in [0.3, 0.4) is 0 Å². The van der Waals surface area contributed by atoms with Gasteiger partial charge in [-0.2, -0.15) is 0 Å². The molecule has 0 amide bonds. The third kappa shape index (κ3) is 6.38. The van der Waals surface area contributed by atoms with Gasteiger partial charge in [0.05, 0.1) is 17.1 Å². The van der Waals surface area contributed by atoms with Crippen molar-refractivity contribution in [1.82, 2.24) is 4.57 Å². The van der Waals surface area contributed by atoms with Crippen LogP contribution in [0.1, 0.15) is 85.1 Å². The third-order valence-electron chi connectivity index (χ3n) is 14.0. The van der Waals surface area contributed by atoms with Gasteiger partial charge >= 0.3 is 0 Å². The summed E-state index contributed by atoms with van der Waals surface area (Å²) >= 11 is 0. The van der Waals surface area contributed by atoms with Gasteiger partial charge in [0.2, 0.25) is 0 Å². The molecule has 0 spiro atoms. The van der Waals surface area contributed by atoms with E-state index in [1.54, 1.807) is 0 Å². The highest BCUT2D eigenvalue weighted by Crippen LogP contribution is 2.46. The van der Waals surface area contributed by atoms with Crippen molar-refractivity contribution in [3.63, 3.8) is 0 Å². The number of hydrogen-bond donors (Lipinski definition) is 0. The molecular weight excluding hydrogens is 769 g/mol. The maximum absolute atomic E-state index is 6.75. The van der Waals surface area contributed by atoms with Crippen molar-refractivity contribution in [3.05, 3.63) is 209 Å². The normalized spacial score (nSPS) is 20.2. The van der Waals surface area contributed by atoms with Gasteiger partial charge in [-0.25, -0.2) is 0 Å². The van der Waals surface area contributed by atoms with Crippen molar-refractivity contribution in [2.24, 2.45) is 10.9 Å². The minimum atomic E-state index is -0.0697. The molecule has 0 saturated heterocycles. The Morgan fingerprint density at radius 1 is 0.619 bits per heavy atom. The summed E-state index contributed by atoms with van der Waals surface area (Å²) in [5.41, 5.74) is 16.8. The molecule has 4 heteroatoms. The zero-order chi connectivity index (χ0) is 42.0. The monoisotopic (exact) mass is 816 g/mol. The lowest BCUT2D eigenvalue weighted by Gasteiger charge is -2.26. The summed E-state index contributed by atoms with van der Waals surface area (Å²) in [6, 6.07) is 59.3. The average Bonchev–Trinajstić information content (AvgIpc) is 4.02. The first-order chi connectivity index (χ1) is 31.1. The zero-order valence-electron chi connectivity index (χ0n) is 35.7. The second-order valence-corrected chi connectivity index (χ2v) is 17.6. The van der Waals surface area contributed by atoms with E-state index < -0.39 is 0 Å². The van der Waals surface area contributed by atoms with E-state index >= 15 is 0 Å². The molecule has 3 unspecified atom stereocenters. The van der Waals surface area contributed by atoms with Crippen molar-refractivity contribution in [2.45, 2.75) is 57.9 Å². The molecule has 4 heterocycles. The first-order valence-electron chi connectivity index (χ1n) is 22.6. The van der Waals surface area contributed by atoms with Crippen LogP contribution in [0.15, 0.2) is 189 Å². The van der Waals surface area contributed by atoms with Gasteiger partial charge in [-0.05, 0) is 133 Å². The Labute approximate surface area is 367 Å². The van der Waals surface area contributed by atoms with E-state index in [2.05, 4.69) is 188 Å². The van der Waals surface area contributed by atoms with E-state index in [1.165, 1.54) is 88.3 Å². The van der Waals surface area contributed by atoms with Crippen molar-refractivity contribution in [3.8, 4) is 5.69 Å². The summed E-state index contributed by atoms with van der Waals surface area (Å²) in [4.78, 5) is 5.84.